The molecule has 30 heavy (non-hydrogen) atoms. The molecule has 2 aliphatic heterocycles. The van der Waals surface area contributed by atoms with E-state index in [1.807, 2.05) is 12.1 Å². The number of hydrogen-bond donors (Lipinski definition) is 2. The summed E-state index contributed by atoms with van der Waals surface area (Å²) in [6.07, 6.45) is 3.46. The van der Waals surface area contributed by atoms with Gasteiger partial charge in [0.05, 0.1) is 23.0 Å². The van der Waals surface area contributed by atoms with Gasteiger partial charge in [-0.15, -0.1) is 0 Å². The molecule has 0 aliphatic carbocycles. The molecular weight excluding hydrogens is 408 g/mol. The maximum absolute atomic E-state index is 6.45. The summed E-state index contributed by atoms with van der Waals surface area (Å²) >= 11 is 6.45. The number of anilines is 2. The molecule has 0 spiro atoms. The van der Waals surface area contributed by atoms with Crippen molar-refractivity contribution in [3.63, 3.8) is 0 Å². The van der Waals surface area contributed by atoms with Crippen molar-refractivity contribution < 1.29 is 18.9 Å². The molecule has 2 aliphatic rings. The Morgan fingerprint density at radius 3 is 2.87 bits per heavy atom. The van der Waals surface area contributed by atoms with Crippen LogP contribution in [0, 0.1) is 0 Å². The van der Waals surface area contributed by atoms with Crippen molar-refractivity contribution in [3.8, 4) is 23.0 Å². The standard InChI is InChI=1S/C21H21ClN4O4/c1-27-13-8-15-18(17(9-13)30-12-4-6-23-7-5-12)21(25-10-24-15)26-19-14(22)2-3-16-20(19)29-11-28-16/h2-3,8-10,12,23H,4-7,11H2,1H3,(H,24,25,26). The summed E-state index contributed by atoms with van der Waals surface area (Å²) in [6, 6.07) is 7.27. The van der Waals surface area contributed by atoms with Crippen LogP contribution in [0.4, 0.5) is 11.5 Å². The maximum atomic E-state index is 6.45. The van der Waals surface area contributed by atoms with Crippen LogP contribution in [0.1, 0.15) is 12.8 Å². The lowest BCUT2D eigenvalue weighted by Crippen LogP contribution is -2.34. The van der Waals surface area contributed by atoms with Crippen LogP contribution in [0.2, 0.25) is 5.02 Å². The summed E-state index contributed by atoms with van der Waals surface area (Å²) < 4.78 is 22.9. The van der Waals surface area contributed by atoms with Gasteiger partial charge >= 0.3 is 0 Å². The minimum Gasteiger partial charge on any atom is -0.497 e. The second kappa shape index (κ2) is 8.04. The Bertz CT molecular complexity index is 1090. The van der Waals surface area contributed by atoms with Crippen molar-refractivity contribution in [2.24, 2.45) is 0 Å². The minimum absolute atomic E-state index is 0.107. The van der Waals surface area contributed by atoms with E-state index in [9.17, 15) is 0 Å². The summed E-state index contributed by atoms with van der Waals surface area (Å²) in [4.78, 5) is 8.90. The largest absolute Gasteiger partial charge is 0.497 e. The monoisotopic (exact) mass is 428 g/mol. The van der Waals surface area contributed by atoms with E-state index in [2.05, 4.69) is 20.6 Å². The number of hydrogen-bond acceptors (Lipinski definition) is 8. The Morgan fingerprint density at radius 2 is 2.03 bits per heavy atom. The van der Waals surface area contributed by atoms with Gasteiger partial charge in [-0.05, 0) is 38.1 Å². The molecule has 0 atom stereocenters. The van der Waals surface area contributed by atoms with E-state index in [-0.39, 0.29) is 12.9 Å². The van der Waals surface area contributed by atoms with Crippen molar-refractivity contribution in [1.82, 2.24) is 15.3 Å². The second-order valence-electron chi connectivity index (χ2n) is 7.09. The molecular formula is C21H21ClN4O4. The summed E-state index contributed by atoms with van der Waals surface area (Å²) in [5.74, 6) is 3.10. The maximum Gasteiger partial charge on any atom is 0.231 e. The van der Waals surface area contributed by atoms with E-state index in [1.54, 1.807) is 19.2 Å². The molecule has 1 saturated heterocycles. The lowest BCUT2D eigenvalue weighted by molar-refractivity contribution is 0.164. The molecule has 156 valence electrons. The summed E-state index contributed by atoms with van der Waals surface area (Å²) in [5, 5.41) is 7.92. The van der Waals surface area contributed by atoms with Gasteiger partial charge in [0.25, 0.3) is 0 Å². The van der Waals surface area contributed by atoms with E-state index in [4.69, 9.17) is 30.5 Å². The van der Waals surface area contributed by atoms with E-state index >= 15 is 0 Å². The molecule has 2 N–H and O–H groups in total. The number of nitrogens with one attached hydrogen (secondary N) is 2. The Kier molecular flexibility index (Phi) is 5.10. The molecule has 0 radical (unpaired) electrons. The fraction of sp³-hybridized carbons (Fsp3) is 0.333. The molecule has 9 heteroatoms. The molecule has 8 nitrogen and oxygen atoms in total. The van der Waals surface area contributed by atoms with Crippen LogP contribution in [0.3, 0.4) is 0 Å². The molecule has 3 aromatic rings. The highest BCUT2D eigenvalue weighted by Crippen LogP contribution is 2.46. The Labute approximate surface area is 178 Å². The quantitative estimate of drug-likeness (QED) is 0.632. The van der Waals surface area contributed by atoms with Crippen LogP contribution >= 0.6 is 11.6 Å². The van der Waals surface area contributed by atoms with Crippen LogP contribution < -0.4 is 29.6 Å². The van der Waals surface area contributed by atoms with Gasteiger partial charge in [0.2, 0.25) is 6.79 Å². The number of nitrogens with zero attached hydrogens (tertiary/aromatic N) is 2. The van der Waals surface area contributed by atoms with Crippen molar-refractivity contribution in [3.05, 3.63) is 35.6 Å². The summed E-state index contributed by atoms with van der Waals surface area (Å²) in [7, 11) is 1.63. The second-order valence-corrected chi connectivity index (χ2v) is 7.50. The third kappa shape index (κ3) is 3.53. The average Bonchev–Trinajstić information content (AvgIpc) is 3.25. The van der Waals surface area contributed by atoms with Gasteiger partial charge in [-0.2, -0.15) is 0 Å². The van der Waals surface area contributed by atoms with E-state index in [0.29, 0.717) is 45.0 Å². The normalized spacial score (nSPS) is 15.9. The zero-order chi connectivity index (χ0) is 20.5. The molecule has 0 bridgehead atoms. The molecule has 1 fully saturated rings. The number of fused-ring (bicyclic) bond motifs is 2. The number of ether oxygens (including phenoxy) is 4. The number of halogens is 1. The van der Waals surface area contributed by atoms with Crippen LogP contribution in [0.25, 0.3) is 10.9 Å². The number of piperidine rings is 1. The predicted octanol–water partition coefficient (Wildman–Crippen LogP) is 3.89. The van der Waals surface area contributed by atoms with Crippen molar-refractivity contribution in [1.29, 1.82) is 0 Å². The smallest absolute Gasteiger partial charge is 0.231 e. The predicted molar refractivity (Wildman–Crippen MR) is 113 cm³/mol. The molecule has 5 rings (SSSR count). The first-order valence-electron chi connectivity index (χ1n) is 9.78. The van der Waals surface area contributed by atoms with Gasteiger partial charge in [-0.25, -0.2) is 9.97 Å². The summed E-state index contributed by atoms with van der Waals surface area (Å²) in [6.45, 7) is 2.00. The van der Waals surface area contributed by atoms with Crippen molar-refractivity contribution >= 4 is 34.0 Å². The van der Waals surface area contributed by atoms with Gasteiger partial charge in [0.15, 0.2) is 11.5 Å². The topological polar surface area (TPSA) is 86.8 Å². The zero-order valence-electron chi connectivity index (χ0n) is 16.4. The van der Waals surface area contributed by atoms with Gasteiger partial charge in [-0.3, -0.25) is 0 Å². The molecule has 3 heterocycles. The molecule has 0 unspecified atom stereocenters. The molecule has 0 amide bonds. The number of rotatable bonds is 5. The fourth-order valence-corrected chi connectivity index (χ4v) is 3.91. The first kappa shape index (κ1) is 19.0. The van der Waals surface area contributed by atoms with Gasteiger partial charge in [0.1, 0.15) is 35.4 Å². The third-order valence-corrected chi connectivity index (χ3v) is 5.54. The van der Waals surface area contributed by atoms with Crippen LogP contribution in [0.15, 0.2) is 30.6 Å². The van der Waals surface area contributed by atoms with Crippen molar-refractivity contribution in [2.75, 3.05) is 32.3 Å². The van der Waals surface area contributed by atoms with Crippen LogP contribution in [-0.2, 0) is 0 Å². The number of methoxy groups -OCH3 is 1. The number of aromatic nitrogens is 2. The SMILES string of the molecule is COc1cc(OC2CCNCC2)c2c(Nc3c(Cl)ccc4c3OCO4)ncnc2c1. The highest BCUT2D eigenvalue weighted by atomic mass is 35.5. The Morgan fingerprint density at radius 1 is 1.17 bits per heavy atom. The third-order valence-electron chi connectivity index (χ3n) is 5.22. The number of benzene rings is 2. The molecule has 0 saturated carbocycles. The van der Waals surface area contributed by atoms with E-state index in [1.165, 1.54) is 6.33 Å². The zero-order valence-corrected chi connectivity index (χ0v) is 17.2. The highest BCUT2D eigenvalue weighted by Gasteiger charge is 2.23. The van der Waals surface area contributed by atoms with E-state index < -0.39 is 0 Å². The average molecular weight is 429 g/mol. The first-order chi connectivity index (χ1) is 14.7. The van der Waals surface area contributed by atoms with Gasteiger partial charge in [0, 0.05) is 12.1 Å². The van der Waals surface area contributed by atoms with E-state index in [0.717, 1.165) is 31.3 Å². The Hall–Kier alpha value is -2.97. The lowest BCUT2D eigenvalue weighted by atomic mass is 10.1. The lowest BCUT2D eigenvalue weighted by Gasteiger charge is -2.25. The first-order valence-corrected chi connectivity index (χ1v) is 10.2. The molecule has 2 aromatic carbocycles. The Balaban J connectivity index is 1.60. The van der Waals surface area contributed by atoms with Crippen LogP contribution in [-0.4, -0.2) is 43.1 Å². The minimum atomic E-state index is 0.107. The van der Waals surface area contributed by atoms with Gasteiger partial charge in [-0.1, -0.05) is 11.6 Å². The van der Waals surface area contributed by atoms with Crippen LogP contribution in [0.5, 0.6) is 23.0 Å². The summed E-state index contributed by atoms with van der Waals surface area (Å²) in [5.41, 5.74) is 1.30. The fourth-order valence-electron chi connectivity index (χ4n) is 3.71. The highest BCUT2D eigenvalue weighted by molar-refractivity contribution is 6.34. The van der Waals surface area contributed by atoms with Crippen molar-refractivity contribution in [2.45, 2.75) is 18.9 Å². The molecule has 1 aromatic heterocycles. The van der Waals surface area contributed by atoms with Gasteiger partial charge < -0.3 is 29.6 Å².